The number of aliphatic hydroxyl groups excluding tert-OH is 1. The molecule has 0 spiro atoms. The fourth-order valence-electron chi connectivity index (χ4n) is 4.55. The van der Waals surface area contributed by atoms with E-state index >= 15 is 0 Å². The van der Waals surface area contributed by atoms with Gasteiger partial charge in [-0.2, -0.15) is 5.10 Å². The van der Waals surface area contributed by atoms with Gasteiger partial charge in [-0.3, -0.25) is 4.79 Å². The van der Waals surface area contributed by atoms with Gasteiger partial charge in [0.25, 0.3) is 0 Å². The number of hydrogen-bond acceptors (Lipinski definition) is 8. The van der Waals surface area contributed by atoms with Gasteiger partial charge in [-0.25, -0.2) is 9.50 Å². The molecule has 0 aliphatic carbocycles. The molecule has 0 aliphatic heterocycles. The molecule has 2 aromatic heterocycles. The molecule has 3 atom stereocenters. The van der Waals surface area contributed by atoms with Crippen molar-refractivity contribution in [1.29, 1.82) is 0 Å². The first-order valence-electron chi connectivity index (χ1n) is 13.3. The first-order valence-corrected chi connectivity index (χ1v) is 13.3. The summed E-state index contributed by atoms with van der Waals surface area (Å²) >= 11 is 0. The van der Waals surface area contributed by atoms with Gasteiger partial charge in [0.15, 0.2) is 11.9 Å². The van der Waals surface area contributed by atoms with Crippen molar-refractivity contribution in [2.75, 3.05) is 12.3 Å². The number of nitrogen functional groups attached to an aromatic ring is 1. The Morgan fingerprint density at radius 2 is 1.29 bits per heavy atom. The third-order valence-corrected chi connectivity index (χ3v) is 6.70. The molecule has 0 amide bonds. The fourth-order valence-corrected chi connectivity index (χ4v) is 4.55. The lowest BCUT2D eigenvalue weighted by Gasteiger charge is -2.32. The highest BCUT2D eigenvalue weighted by Crippen LogP contribution is 2.23. The predicted molar refractivity (Wildman–Crippen MR) is 154 cm³/mol. The quantitative estimate of drug-likeness (QED) is 0.196. The summed E-state index contributed by atoms with van der Waals surface area (Å²) in [5.41, 5.74) is 9.48. The summed E-state index contributed by atoms with van der Waals surface area (Å²) in [7, 11) is 0. The number of Topliss-reactive ketones (excluding diaryl/α,β-unsaturated/α-hetero) is 1. The summed E-state index contributed by atoms with van der Waals surface area (Å²) < 4.78 is 20.3. The van der Waals surface area contributed by atoms with E-state index < -0.39 is 24.9 Å². The Kier molecular flexibility index (Phi) is 9.45. The van der Waals surface area contributed by atoms with E-state index in [9.17, 15) is 9.90 Å². The molecule has 0 saturated carbocycles. The van der Waals surface area contributed by atoms with Gasteiger partial charge in [0.2, 0.25) is 5.78 Å². The van der Waals surface area contributed by atoms with E-state index in [1.807, 2.05) is 91.0 Å². The molecular formula is C32H32N4O5. The molecule has 0 saturated heterocycles. The molecule has 5 rings (SSSR count). The second-order valence-electron chi connectivity index (χ2n) is 9.52. The first-order chi connectivity index (χ1) is 20.1. The minimum absolute atomic E-state index is 0.139. The molecule has 5 aromatic rings. The normalized spacial score (nSPS) is 13.6. The Bertz CT molecular complexity index is 1530. The zero-order chi connectivity index (χ0) is 28.4. The van der Waals surface area contributed by atoms with Crippen molar-refractivity contribution in [2.24, 2.45) is 0 Å². The van der Waals surface area contributed by atoms with Crippen LogP contribution >= 0.6 is 0 Å². The Hall–Kier alpha value is -4.41. The lowest BCUT2D eigenvalue weighted by atomic mass is 10.0. The number of nitrogens with two attached hydrogens (primary N) is 1. The largest absolute Gasteiger partial charge is 0.394 e. The monoisotopic (exact) mass is 552 g/mol. The predicted octanol–water partition coefficient (Wildman–Crippen LogP) is 4.24. The number of fused-ring (bicyclic) bond motifs is 1. The van der Waals surface area contributed by atoms with Crippen molar-refractivity contribution in [1.82, 2.24) is 14.6 Å². The number of rotatable bonds is 14. The average molecular weight is 553 g/mol. The summed E-state index contributed by atoms with van der Waals surface area (Å²) in [5, 5.41) is 14.8. The molecule has 0 bridgehead atoms. The van der Waals surface area contributed by atoms with Crippen LogP contribution in [-0.4, -0.2) is 50.4 Å². The number of nitrogens with zero attached hydrogens (tertiary/aromatic N) is 3. The number of aliphatic hydroxyl groups is 1. The highest BCUT2D eigenvalue weighted by molar-refractivity contribution is 6.00. The maximum Gasteiger partial charge on any atom is 0.212 e. The van der Waals surface area contributed by atoms with Crippen LogP contribution in [0.2, 0.25) is 0 Å². The number of ketones is 1. The van der Waals surface area contributed by atoms with Crippen LogP contribution in [0.3, 0.4) is 0 Å². The summed E-state index contributed by atoms with van der Waals surface area (Å²) in [6, 6.07) is 32.1. The molecule has 0 fully saturated rings. The van der Waals surface area contributed by atoms with E-state index in [0.717, 1.165) is 16.7 Å². The summed E-state index contributed by atoms with van der Waals surface area (Å²) in [5.74, 6) is -0.143. The van der Waals surface area contributed by atoms with Gasteiger partial charge in [0.05, 0.1) is 26.4 Å². The van der Waals surface area contributed by atoms with Crippen molar-refractivity contribution in [3.05, 3.63) is 132 Å². The van der Waals surface area contributed by atoms with Crippen LogP contribution in [0.5, 0.6) is 0 Å². The topological polar surface area (TPSA) is 121 Å². The van der Waals surface area contributed by atoms with E-state index in [2.05, 4.69) is 10.1 Å². The van der Waals surface area contributed by atoms with Crippen LogP contribution in [0, 0.1) is 0 Å². The molecular weight excluding hydrogens is 520 g/mol. The minimum atomic E-state index is -1.15. The van der Waals surface area contributed by atoms with Crippen molar-refractivity contribution in [3.63, 3.8) is 0 Å². The molecule has 3 N–H and O–H groups in total. The van der Waals surface area contributed by atoms with Crippen molar-refractivity contribution < 1.29 is 24.1 Å². The molecule has 2 heterocycles. The molecule has 3 aromatic carbocycles. The number of ether oxygens (including phenoxy) is 3. The van der Waals surface area contributed by atoms with Crippen LogP contribution in [0.4, 0.5) is 5.82 Å². The number of hydrogen-bond donors (Lipinski definition) is 2. The summed E-state index contributed by atoms with van der Waals surface area (Å²) in [4.78, 5) is 18.3. The maximum absolute atomic E-state index is 14.2. The van der Waals surface area contributed by atoms with E-state index in [1.165, 1.54) is 10.8 Å². The second-order valence-corrected chi connectivity index (χ2v) is 9.52. The van der Waals surface area contributed by atoms with Crippen LogP contribution in [0.1, 0.15) is 27.2 Å². The van der Waals surface area contributed by atoms with Crippen molar-refractivity contribution in [3.8, 4) is 0 Å². The zero-order valence-electron chi connectivity index (χ0n) is 22.5. The van der Waals surface area contributed by atoms with Gasteiger partial charge in [0, 0.05) is 0 Å². The van der Waals surface area contributed by atoms with E-state index in [0.29, 0.717) is 5.52 Å². The van der Waals surface area contributed by atoms with Crippen LogP contribution in [-0.2, 0) is 34.0 Å². The Labute approximate surface area is 238 Å². The molecule has 0 unspecified atom stereocenters. The number of anilines is 1. The van der Waals surface area contributed by atoms with Crippen molar-refractivity contribution >= 4 is 17.1 Å². The van der Waals surface area contributed by atoms with Crippen LogP contribution in [0.15, 0.2) is 109 Å². The van der Waals surface area contributed by atoms with Gasteiger partial charge >= 0.3 is 0 Å². The standard InChI is InChI=1S/C32H32N4O5/c33-32-27-17-16-26(36(27)35-22-34-32)29(38)31(41-21-25-14-8-3-9-15-25)30(40-20-24-12-6-2-7-13-24)28(18-37)39-19-23-10-4-1-5-11-23/h1-17,22,28,30-31,37H,18-21H2,(H2,33,34,35)/t28-,30-,31+/m1/s1. The maximum atomic E-state index is 14.2. The smallest absolute Gasteiger partial charge is 0.212 e. The first kappa shape index (κ1) is 28.1. The minimum Gasteiger partial charge on any atom is -0.394 e. The zero-order valence-corrected chi connectivity index (χ0v) is 22.5. The molecule has 9 nitrogen and oxygen atoms in total. The Balaban J connectivity index is 1.49. The highest BCUT2D eigenvalue weighted by atomic mass is 16.6. The number of benzene rings is 3. The van der Waals surface area contributed by atoms with Crippen molar-refractivity contribution in [2.45, 2.75) is 38.1 Å². The number of aromatic nitrogens is 3. The fraction of sp³-hybridized carbons (Fsp3) is 0.219. The van der Waals surface area contributed by atoms with Gasteiger partial charge in [-0.1, -0.05) is 91.0 Å². The number of carbonyl (C=O) groups is 1. The summed E-state index contributed by atoms with van der Waals surface area (Å²) in [6.45, 7) is 0.141. The highest BCUT2D eigenvalue weighted by Gasteiger charge is 2.38. The van der Waals surface area contributed by atoms with Crippen LogP contribution in [0.25, 0.3) is 5.52 Å². The number of carbonyl (C=O) groups excluding carboxylic acids is 1. The van der Waals surface area contributed by atoms with Gasteiger partial charge < -0.3 is 25.1 Å². The summed E-state index contributed by atoms with van der Waals surface area (Å²) in [6.07, 6.45) is -1.71. The lowest BCUT2D eigenvalue weighted by Crippen LogP contribution is -2.48. The van der Waals surface area contributed by atoms with E-state index in [1.54, 1.807) is 12.1 Å². The van der Waals surface area contributed by atoms with Crippen LogP contribution < -0.4 is 5.73 Å². The second kappa shape index (κ2) is 13.8. The molecule has 210 valence electrons. The van der Waals surface area contributed by atoms with Gasteiger partial charge in [0.1, 0.15) is 29.7 Å². The third-order valence-electron chi connectivity index (χ3n) is 6.70. The lowest BCUT2D eigenvalue weighted by molar-refractivity contribution is -0.149. The van der Waals surface area contributed by atoms with Gasteiger partial charge in [-0.15, -0.1) is 0 Å². The average Bonchev–Trinajstić information content (AvgIpc) is 3.46. The third kappa shape index (κ3) is 7.03. The Morgan fingerprint density at radius 1 is 0.756 bits per heavy atom. The molecule has 41 heavy (non-hydrogen) atoms. The van der Waals surface area contributed by atoms with Gasteiger partial charge in [-0.05, 0) is 28.8 Å². The SMILES string of the molecule is Nc1ncnn2c(C(=O)[C@H](OCc3ccccc3)[C@H](OCc3ccccc3)[C@@H](CO)OCc3ccccc3)ccc12. The Morgan fingerprint density at radius 3 is 1.85 bits per heavy atom. The van der Waals surface area contributed by atoms with E-state index in [-0.39, 0.29) is 37.1 Å². The molecule has 0 aliphatic rings. The van der Waals surface area contributed by atoms with E-state index in [4.69, 9.17) is 19.9 Å². The molecule has 9 heteroatoms. The molecule has 0 radical (unpaired) electrons.